The van der Waals surface area contributed by atoms with Gasteiger partial charge >= 0.3 is 0 Å². The lowest BCUT2D eigenvalue weighted by Gasteiger charge is -2.34. The zero-order valence-corrected chi connectivity index (χ0v) is 16.5. The Morgan fingerprint density at radius 2 is 1.86 bits per heavy atom. The molecule has 29 heavy (non-hydrogen) atoms. The van der Waals surface area contributed by atoms with Crippen LogP contribution in [0.5, 0.6) is 0 Å². The molecule has 0 radical (unpaired) electrons. The largest absolute Gasteiger partial charge is 0.463 e. The first-order valence-electron chi connectivity index (χ1n) is 10.1. The van der Waals surface area contributed by atoms with Crippen molar-refractivity contribution in [3.63, 3.8) is 0 Å². The van der Waals surface area contributed by atoms with E-state index in [1.807, 2.05) is 48.2 Å². The fraction of sp³-hybridized carbons (Fsp3) is 0.348. The van der Waals surface area contributed by atoms with Gasteiger partial charge in [0.15, 0.2) is 5.76 Å². The zero-order valence-electron chi connectivity index (χ0n) is 16.5. The molecule has 1 aliphatic heterocycles. The van der Waals surface area contributed by atoms with E-state index in [1.165, 1.54) is 6.07 Å². The van der Waals surface area contributed by atoms with Gasteiger partial charge < -0.3 is 9.32 Å². The number of amides is 1. The van der Waals surface area contributed by atoms with Gasteiger partial charge in [-0.3, -0.25) is 9.59 Å². The second-order valence-corrected chi connectivity index (χ2v) is 7.41. The molecular weight excluding hydrogens is 366 g/mol. The SMILES string of the molecule is CC[C@@H](C(=O)N1CCC(n2nc(-c3ccco3)ccc2=O)CC1)c1ccccc1. The first-order valence-corrected chi connectivity index (χ1v) is 10.1. The molecule has 1 saturated heterocycles. The van der Waals surface area contributed by atoms with Crippen LogP contribution in [-0.2, 0) is 4.79 Å². The molecule has 0 unspecified atom stereocenters. The third kappa shape index (κ3) is 4.01. The van der Waals surface area contributed by atoms with Crippen molar-refractivity contribution >= 4 is 5.91 Å². The third-order valence-corrected chi connectivity index (χ3v) is 5.63. The average molecular weight is 391 g/mol. The number of aromatic nitrogens is 2. The van der Waals surface area contributed by atoms with Crippen molar-refractivity contribution in [3.8, 4) is 11.5 Å². The highest BCUT2D eigenvalue weighted by Gasteiger charge is 2.29. The molecule has 2 aromatic heterocycles. The van der Waals surface area contributed by atoms with Crippen LogP contribution < -0.4 is 5.56 Å². The van der Waals surface area contributed by atoms with E-state index in [9.17, 15) is 9.59 Å². The smallest absolute Gasteiger partial charge is 0.267 e. The van der Waals surface area contributed by atoms with Gasteiger partial charge in [0.1, 0.15) is 5.69 Å². The van der Waals surface area contributed by atoms with Crippen molar-refractivity contribution < 1.29 is 9.21 Å². The molecule has 0 saturated carbocycles. The molecule has 1 atom stereocenters. The van der Waals surface area contributed by atoms with E-state index in [2.05, 4.69) is 5.10 Å². The predicted octanol–water partition coefficient (Wildman–Crippen LogP) is 3.86. The van der Waals surface area contributed by atoms with Crippen LogP contribution >= 0.6 is 0 Å². The van der Waals surface area contributed by atoms with Gasteiger partial charge in [-0.1, -0.05) is 37.3 Å². The lowest BCUT2D eigenvalue weighted by atomic mass is 9.93. The summed E-state index contributed by atoms with van der Waals surface area (Å²) in [6, 6.07) is 16.8. The Labute approximate surface area is 169 Å². The molecule has 1 fully saturated rings. The van der Waals surface area contributed by atoms with Crippen LogP contribution in [-0.4, -0.2) is 33.7 Å². The summed E-state index contributed by atoms with van der Waals surface area (Å²) in [7, 11) is 0. The van der Waals surface area contributed by atoms with E-state index in [1.54, 1.807) is 23.1 Å². The van der Waals surface area contributed by atoms with E-state index in [0.29, 0.717) is 37.4 Å². The Balaban J connectivity index is 1.46. The maximum Gasteiger partial charge on any atom is 0.267 e. The number of carbonyl (C=O) groups excluding carboxylic acids is 1. The van der Waals surface area contributed by atoms with E-state index in [4.69, 9.17) is 4.42 Å². The fourth-order valence-corrected chi connectivity index (χ4v) is 4.03. The minimum Gasteiger partial charge on any atom is -0.463 e. The first kappa shape index (κ1) is 19.2. The summed E-state index contributed by atoms with van der Waals surface area (Å²) < 4.78 is 6.95. The summed E-state index contributed by atoms with van der Waals surface area (Å²) in [6.45, 7) is 3.31. The topological polar surface area (TPSA) is 68.3 Å². The molecule has 1 aromatic carbocycles. The standard InChI is InChI=1S/C23H25N3O3/c1-2-19(17-7-4-3-5-8-17)23(28)25-14-12-18(13-15-25)26-22(27)11-10-20(24-26)21-9-6-16-29-21/h3-11,16,18-19H,2,12-15H2,1H3/t19-/m1/s1. The molecule has 0 spiro atoms. The van der Waals surface area contributed by atoms with Crippen LogP contribution in [0, 0.1) is 0 Å². The van der Waals surface area contributed by atoms with Gasteiger partial charge in [-0.15, -0.1) is 0 Å². The molecule has 4 rings (SSSR count). The molecule has 150 valence electrons. The minimum atomic E-state index is -0.124. The third-order valence-electron chi connectivity index (χ3n) is 5.63. The Morgan fingerprint density at radius 3 is 2.52 bits per heavy atom. The van der Waals surface area contributed by atoms with Crippen molar-refractivity contribution in [2.45, 2.75) is 38.1 Å². The number of nitrogens with zero attached hydrogens (tertiary/aromatic N) is 3. The summed E-state index contributed by atoms with van der Waals surface area (Å²) in [5.41, 5.74) is 1.58. The number of benzene rings is 1. The Bertz CT molecular complexity index is 1000. The molecule has 3 aromatic rings. The van der Waals surface area contributed by atoms with Crippen LogP contribution in [0.4, 0.5) is 0 Å². The van der Waals surface area contributed by atoms with Gasteiger partial charge in [0, 0.05) is 19.2 Å². The average Bonchev–Trinajstić information content (AvgIpc) is 3.30. The number of carbonyl (C=O) groups is 1. The molecule has 3 heterocycles. The summed E-state index contributed by atoms with van der Waals surface area (Å²) in [4.78, 5) is 27.4. The first-order chi connectivity index (χ1) is 14.2. The van der Waals surface area contributed by atoms with Crippen molar-refractivity contribution in [2.75, 3.05) is 13.1 Å². The molecule has 0 N–H and O–H groups in total. The second-order valence-electron chi connectivity index (χ2n) is 7.41. The van der Waals surface area contributed by atoms with Crippen molar-refractivity contribution in [2.24, 2.45) is 0 Å². The molecule has 1 amide bonds. The monoisotopic (exact) mass is 391 g/mol. The van der Waals surface area contributed by atoms with E-state index >= 15 is 0 Å². The highest BCUT2D eigenvalue weighted by molar-refractivity contribution is 5.83. The zero-order chi connectivity index (χ0) is 20.2. The number of likely N-dealkylation sites (tertiary alicyclic amines) is 1. The second kappa shape index (κ2) is 8.47. The molecule has 0 bridgehead atoms. The van der Waals surface area contributed by atoms with Gasteiger partial charge in [0.05, 0.1) is 18.2 Å². The summed E-state index contributed by atoms with van der Waals surface area (Å²) >= 11 is 0. The van der Waals surface area contributed by atoms with Crippen LogP contribution in [0.1, 0.15) is 43.7 Å². The van der Waals surface area contributed by atoms with E-state index < -0.39 is 0 Å². The predicted molar refractivity (Wildman–Crippen MR) is 111 cm³/mol. The van der Waals surface area contributed by atoms with Crippen LogP contribution in [0.15, 0.2) is 70.1 Å². The van der Waals surface area contributed by atoms with E-state index in [0.717, 1.165) is 12.0 Å². The molecule has 0 aliphatic carbocycles. The Kier molecular flexibility index (Phi) is 5.60. The fourth-order valence-electron chi connectivity index (χ4n) is 4.03. The highest BCUT2D eigenvalue weighted by Crippen LogP contribution is 2.27. The summed E-state index contributed by atoms with van der Waals surface area (Å²) in [5.74, 6) is 0.692. The van der Waals surface area contributed by atoms with Crippen LogP contribution in [0.25, 0.3) is 11.5 Å². The van der Waals surface area contributed by atoms with Crippen molar-refractivity contribution in [1.82, 2.24) is 14.7 Å². The Morgan fingerprint density at radius 1 is 1.10 bits per heavy atom. The van der Waals surface area contributed by atoms with Gasteiger partial charge in [-0.2, -0.15) is 5.10 Å². The summed E-state index contributed by atoms with van der Waals surface area (Å²) in [6.07, 6.45) is 3.79. The van der Waals surface area contributed by atoms with Crippen LogP contribution in [0.2, 0.25) is 0 Å². The Hall–Kier alpha value is -3.15. The quantitative estimate of drug-likeness (QED) is 0.662. The number of furan rings is 1. The maximum absolute atomic E-state index is 13.1. The normalized spacial score (nSPS) is 16.0. The molecule has 6 heteroatoms. The van der Waals surface area contributed by atoms with E-state index in [-0.39, 0.29) is 23.4 Å². The molecular formula is C23H25N3O3. The van der Waals surface area contributed by atoms with Gasteiger partial charge in [0.25, 0.3) is 5.56 Å². The van der Waals surface area contributed by atoms with Gasteiger partial charge in [0.2, 0.25) is 5.91 Å². The van der Waals surface area contributed by atoms with Crippen molar-refractivity contribution in [1.29, 1.82) is 0 Å². The van der Waals surface area contributed by atoms with Crippen molar-refractivity contribution in [3.05, 3.63) is 76.8 Å². The highest BCUT2D eigenvalue weighted by atomic mass is 16.3. The molecule has 1 aliphatic rings. The lowest BCUT2D eigenvalue weighted by molar-refractivity contribution is -0.134. The minimum absolute atomic E-state index is 0.0155. The lowest BCUT2D eigenvalue weighted by Crippen LogP contribution is -2.43. The summed E-state index contributed by atoms with van der Waals surface area (Å²) in [5, 5.41) is 4.51. The maximum atomic E-state index is 13.1. The van der Waals surface area contributed by atoms with Crippen LogP contribution in [0.3, 0.4) is 0 Å². The molecule has 6 nitrogen and oxygen atoms in total. The van der Waals surface area contributed by atoms with Gasteiger partial charge in [-0.05, 0) is 43.0 Å². The number of piperidine rings is 1. The number of hydrogen-bond acceptors (Lipinski definition) is 4. The van der Waals surface area contributed by atoms with Gasteiger partial charge in [-0.25, -0.2) is 4.68 Å². The number of rotatable bonds is 5. The number of hydrogen-bond donors (Lipinski definition) is 0.